The van der Waals surface area contributed by atoms with Gasteiger partial charge in [0.2, 0.25) is 6.79 Å². The summed E-state index contributed by atoms with van der Waals surface area (Å²) in [5, 5.41) is -0.595. The lowest BCUT2D eigenvalue weighted by molar-refractivity contribution is -0.182. The number of carbonyl (C=O) groups excluding carboxylic acids is 3. The molecule has 0 aromatic carbocycles. The second-order valence-electron chi connectivity index (χ2n) is 11.9. The Morgan fingerprint density at radius 1 is 1.18 bits per heavy atom. The number of hydrogen-bond acceptors (Lipinski definition) is 7. The Bertz CT molecular complexity index is 870. The summed E-state index contributed by atoms with van der Waals surface area (Å²) in [6.45, 7) is 28.5. The summed E-state index contributed by atoms with van der Waals surface area (Å²) in [5.74, 6) is -1.56. The third-order valence-corrected chi connectivity index (χ3v) is 13.1. The van der Waals surface area contributed by atoms with Crippen molar-refractivity contribution in [3.05, 3.63) is 11.4 Å². The van der Waals surface area contributed by atoms with Crippen molar-refractivity contribution in [2.45, 2.75) is 108 Å². The smallest absolute Gasteiger partial charge is 0.361 e. The van der Waals surface area contributed by atoms with Crippen LogP contribution in [0.4, 0.5) is 0 Å². The summed E-state index contributed by atoms with van der Waals surface area (Å²) >= 11 is 1.41. The molecule has 0 N–H and O–H groups in total. The molecule has 10 heteroatoms. The Morgan fingerprint density at radius 2 is 1.73 bits per heavy atom. The van der Waals surface area contributed by atoms with Crippen molar-refractivity contribution in [1.82, 2.24) is 4.90 Å². The molecule has 4 atom stereocenters. The van der Waals surface area contributed by atoms with Crippen molar-refractivity contribution in [3.63, 3.8) is 0 Å². The van der Waals surface area contributed by atoms with Crippen LogP contribution in [0.15, 0.2) is 0 Å². The number of amides is 1. The van der Waals surface area contributed by atoms with Crippen LogP contribution in [-0.4, -0.2) is 65.7 Å². The molecule has 186 valence electrons. The monoisotopic (exact) mass is 498 g/mol. The number of nitrogens with zero attached hydrogens (tertiary/aromatic N) is 2. The van der Waals surface area contributed by atoms with E-state index >= 15 is 0 Å². The average Bonchev–Trinajstić information content (AvgIpc) is 2.88. The molecule has 2 aliphatic heterocycles. The van der Waals surface area contributed by atoms with Gasteiger partial charge in [-0.25, -0.2) is 11.4 Å². The normalized spacial score (nSPS) is 27.8. The first-order valence-corrected chi connectivity index (χ1v) is 14.9. The van der Waals surface area contributed by atoms with Gasteiger partial charge < -0.3 is 13.9 Å². The van der Waals surface area contributed by atoms with Crippen LogP contribution in [0.25, 0.3) is 4.85 Å². The van der Waals surface area contributed by atoms with Crippen molar-refractivity contribution < 1.29 is 28.3 Å². The van der Waals surface area contributed by atoms with Crippen molar-refractivity contribution >= 4 is 37.9 Å². The SMILES string of the molecule is [C-]#[N+][C@]1(C(C)O[Si](C)(C)C(C)(C)C)C(=O)N2[C@@H](C(=O)OCOC(=O)C(C)(C)C)C(C)(C)S[C@@H]21. The standard InChI is InChI=1S/C23H38N2O6SSi/c1-14(31-33(11,12)21(5,6)7)23(24-10)17(27)25-15(22(8,9)32-18(23)25)16(26)29-13-30-19(28)20(2,3)4/h14-15,18H,13H2,1-9,11-12H3/t14?,15-,18+,23+/m0/s1. The van der Waals surface area contributed by atoms with E-state index in [-0.39, 0.29) is 5.04 Å². The topological polar surface area (TPSA) is 86.5 Å². The molecule has 0 aliphatic carbocycles. The van der Waals surface area contributed by atoms with Gasteiger partial charge in [0.05, 0.1) is 5.41 Å². The molecule has 2 rings (SSSR count). The quantitative estimate of drug-likeness (QED) is 0.178. The number of β-lactam (4-membered cyclic amide) rings is 1. The van der Waals surface area contributed by atoms with Gasteiger partial charge in [0, 0.05) is 4.75 Å². The zero-order valence-corrected chi connectivity index (χ0v) is 23.5. The van der Waals surface area contributed by atoms with Gasteiger partial charge in [-0.05, 0) is 59.7 Å². The highest BCUT2D eigenvalue weighted by atomic mass is 32.2. The van der Waals surface area contributed by atoms with Gasteiger partial charge in [-0.1, -0.05) is 20.8 Å². The molecule has 0 spiro atoms. The average molecular weight is 499 g/mol. The van der Waals surface area contributed by atoms with Crippen LogP contribution >= 0.6 is 11.8 Å². The minimum absolute atomic E-state index is 0.0735. The molecule has 0 aromatic heterocycles. The number of fused-ring (bicyclic) bond motifs is 1. The first-order valence-electron chi connectivity index (χ1n) is 11.1. The number of carbonyl (C=O) groups is 3. The van der Waals surface area contributed by atoms with E-state index in [1.54, 1.807) is 27.7 Å². The summed E-state index contributed by atoms with van der Waals surface area (Å²) in [6, 6.07) is -0.886. The second kappa shape index (κ2) is 8.58. The zero-order valence-electron chi connectivity index (χ0n) is 21.7. The lowest BCUT2D eigenvalue weighted by Crippen LogP contribution is -2.76. The fraction of sp³-hybridized carbons (Fsp3) is 0.826. The fourth-order valence-electron chi connectivity index (χ4n) is 3.76. The van der Waals surface area contributed by atoms with Gasteiger partial charge in [0.15, 0.2) is 13.7 Å². The van der Waals surface area contributed by atoms with Crippen molar-refractivity contribution in [2.75, 3.05) is 6.79 Å². The van der Waals surface area contributed by atoms with E-state index in [9.17, 15) is 14.4 Å². The lowest BCUT2D eigenvalue weighted by Gasteiger charge is -2.49. The van der Waals surface area contributed by atoms with E-state index in [0.29, 0.717) is 0 Å². The number of thioether (sulfide) groups is 1. The Labute approximate surface area is 203 Å². The molecular formula is C23H38N2O6SSi. The molecule has 1 unspecified atom stereocenters. The van der Waals surface area contributed by atoms with Crippen LogP contribution in [0.3, 0.4) is 0 Å². The van der Waals surface area contributed by atoms with E-state index < -0.39 is 66.2 Å². The Hall–Kier alpha value is -1.57. The Kier molecular flexibility index (Phi) is 7.19. The maximum absolute atomic E-state index is 13.4. The Morgan fingerprint density at radius 3 is 2.18 bits per heavy atom. The largest absolute Gasteiger partial charge is 0.427 e. The van der Waals surface area contributed by atoms with Crippen molar-refractivity contribution in [1.29, 1.82) is 0 Å². The van der Waals surface area contributed by atoms with Gasteiger partial charge in [-0.15, -0.1) is 11.8 Å². The van der Waals surface area contributed by atoms with E-state index in [1.165, 1.54) is 16.7 Å². The van der Waals surface area contributed by atoms with Crippen molar-refractivity contribution in [2.24, 2.45) is 5.41 Å². The molecule has 0 aromatic rings. The predicted molar refractivity (Wildman–Crippen MR) is 130 cm³/mol. The highest BCUT2D eigenvalue weighted by Gasteiger charge is 2.79. The summed E-state index contributed by atoms with van der Waals surface area (Å²) < 4.78 is 16.0. The first-order chi connectivity index (χ1) is 14.7. The third kappa shape index (κ3) is 4.69. The second-order valence-corrected chi connectivity index (χ2v) is 18.4. The van der Waals surface area contributed by atoms with E-state index in [1.807, 2.05) is 13.8 Å². The predicted octanol–water partition coefficient (Wildman–Crippen LogP) is 4.21. The van der Waals surface area contributed by atoms with Crippen LogP contribution in [0.2, 0.25) is 18.1 Å². The van der Waals surface area contributed by atoms with Gasteiger partial charge >= 0.3 is 23.4 Å². The molecule has 0 saturated carbocycles. The first kappa shape index (κ1) is 27.7. The number of ether oxygens (including phenoxy) is 2. The van der Waals surface area contributed by atoms with Crippen molar-refractivity contribution in [3.8, 4) is 0 Å². The van der Waals surface area contributed by atoms with Crippen LogP contribution in [0, 0.1) is 12.0 Å². The molecular weight excluding hydrogens is 460 g/mol. The molecule has 2 saturated heterocycles. The van der Waals surface area contributed by atoms with Crippen LogP contribution in [-0.2, 0) is 28.3 Å². The highest BCUT2D eigenvalue weighted by Crippen LogP contribution is 2.58. The summed E-state index contributed by atoms with van der Waals surface area (Å²) in [6.07, 6.45) is -0.615. The summed E-state index contributed by atoms with van der Waals surface area (Å²) in [7, 11) is -2.23. The maximum atomic E-state index is 13.4. The van der Waals surface area contributed by atoms with Gasteiger partial charge in [-0.3, -0.25) is 19.3 Å². The molecule has 2 heterocycles. The van der Waals surface area contributed by atoms with E-state index in [4.69, 9.17) is 20.5 Å². The van der Waals surface area contributed by atoms with Crippen LogP contribution in [0.1, 0.15) is 62.3 Å². The van der Waals surface area contributed by atoms with Gasteiger partial charge in [0.1, 0.15) is 12.1 Å². The van der Waals surface area contributed by atoms with Crippen LogP contribution < -0.4 is 0 Å². The number of hydrogen-bond donors (Lipinski definition) is 0. The minimum atomic E-state index is -2.23. The molecule has 33 heavy (non-hydrogen) atoms. The van der Waals surface area contributed by atoms with E-state index in [0.717, 1.165) is 0 Å². The molecule has 8 nitrogen and oxygen atoms in total. The molecule has 1 amide bonds. The zero-order chi connectivity index (χ0) is 25.8. The number of esters is 2. The molecule has 0 bridgehead atoms. The molecule has 0 radical (unpaired) electrons. The fourth-order valence-corrected chi connectivity index (χ4v) is 6.95. The minimum Gasteiger partial charge on any atom is -0.427 e. The number of rotatable bonds is 6. The third-order valence-electron chi connectivity index (χ3n) is 6.87. The maximum Gasteiger partial charge on any atom is 0.361 e. The summed E-state index contributed by atoms with van der Waals surface area (Å²) in [5.41, 5.74) is -2.10. The van der Waals surface area contributed by atoms with Gasteiger partial charge in [-0.2, -0.15) is 0 Å². The van der Waals surface area contributed by atoms with Gasteiger partial charge in [0.25, 0.3) is 0 Å². The molecule has 2 fully saturated rings. The summed E-state index contributed by atoms with van der Waals surface area (Å²) in [4.78, 5) is 43.5. The van der Waals surface area contributed by atoms with Crippen LogP contribution in [0.5, 0.6) is 0 Å². The molecule has 2 aliphatic rings. The van der Waals surface area contributed by atoms with E-state index in [2.05, 4.69) is 38.7 Å². The highest BCUT2D eigenvalue weighted by molar-refractivity contribution is 8.01. The Balaban J connectivity index is 2.21. The lowest BCUT2D eigenvalue weighted by atomic mass is 9.81.